The molecule has 8 heteroatoms. The van der Waals surface area contributed by atoms with Gasteiger partial charge in [-0.25, -0.2) is 0 Å². The summed E-state index contributed by atoms with van der Waals surface area (Å²) in [7, 11) is 1.75. The molecule has 0 bridgehead atoms. The lowest BCUT2D eigenvalue weighted by Crippen LogP contribution is -2.46. The molecular formula is C19H27F3N4S. The average molecular weight is 401 g/mol. The Balaban J connectivity index is 1.43. The number of nitrogens with one attached hydrogen (secondary N) is 1. The van der Waals surface area contributed by atoms with Crippen LogP contribution in [-0.2, 0) is 0 Å². The van der Waals surface area contributed by atoms with Gasteiger partial charge < -0.3 is 10.2 Å². The standard InChI is InChI=1S/C19H27F3N4S/c1-23-18(24-16-8-9-25(12-16)14-19(20,21)22)26-10-7-15(11-26)13-27-17-5-3-2-4-6-17/h2-6,15-16H,7-14H2,1H3,(H,23,24). The number of likely N-dealkylation sites (tertiary alicyclic amines) is 2. The van der Waals surface area contributed by atoms with Crippen molar-refractivity contribution in [2.45, 2.75) is 30.0 Å². The van der Waals surface area contributed by atoms with Crippen LogP contribution in [0.25, 0.3) is 0 Å². The number of alkyl halides is 3. The Kier molecular flexibility index (Phi) is 6.92. The summed E-state index contributed by atoms with van der Waals surface area (Å²) in [5.41, 5.74) is 0. The van der Waals surface area contributed by atoms with Gasteiger partial charge in [0.2, 0.25) is 0 Å². The van der Waals surface area contributed by atoms with Gasteiger partial charge in [-0.2, -0.15) is 13.2 Å². The summed E-state index contributed by atoms with van der Waals surface area (Å²) in [5, 5.41) is 3.38. The first-order valence-corrected chi connectivity index (χ1v) is 10.4. The van der Waals surface area contributed by atoms with Gasteiger partial charge in [-0.05, 0) is 30.9 Å². The first-order valence-electron chi connectivity index (χ1n) is 9.38. The zero-order valence-electron chi connectivity index (χ0n) is 15.6. The van der Waals surface area contributed by atoms with E-state index in [0.29, 0.717) is 19.0 Å². The Morgan fingerprint density at radius 3 is 2.67 bits per heavy atom. The summed E-state index contributed by atoms with van der Waals surface area (Å²) in [6.45, 7) is 1.95. The number of benzene rings is 1. The van der Waals surface area contributed by atoms with E-state index < -0.39 is 12.7 Å². The highest BCUT2D eigenvalue weighted by Gasteiger charge is 2.35. The number of nitrogens with zero attached hydrogens (tertiary/aromatic N) is 3. The highest BCUT2D eigenvalue weighted by molar-refractivity contribution is 7.99. The van der Waals surface area contributed by atoms with E-state index in [0.717, 1.165) is 37.6 Å². The molecule has 0 radical (unpaired) electrons. The fourth-order valence-corrected chi connectivity index (χ4v) is 4.77. The van der Waals surface area contributed by atoms with Crippen LogP contribution in [0.1, 0.15) is 12.8 Å². The van der Waals surface area contributed by atoms with Crippen LogP contribution in [0.5, 0.6) is 0 Å². The molecule has 0 saturated carbocycles. The van der Waals surface area contributed by atoms with E-state index in [-0.39, 0.29) is 6.04 Å². The molecule has 0 spiro atoms. The Morgan fingerprint density at radius 1 is 1.19 bits per heavy atom. The lowest BCUT2D eigenvalue weighted by Gasteiger charge is -2.25. The number of hydrogen-bond donors (Lipinski definition) is 1. The molecule has 3 rings (SSSR count). The first-order chi connectivity index (χ1) is 12.9. The van der Waals surface area contributed by atoms with E-state index in [4.69, 9.17) is 0 Å². The van der Waals surface area contributed by atoms with E-state index >= 15 is 0 Å². The van der Waals surface area contributed by atoms with Gasteiger partial charge in [-0.1, -0.05) is 18.2 Å². The molecule has 0 amide bonds. The fraction of sp³-hybridized carbons (Fsp3) is 0.632. The van der Waals surface area contributed by atoms with Crippen LogP contribution in [0, 0.1) is 5.92 Å². The SMILES string of the molecule is CN=C(NC1CCN(CC(F)(F)F)C1)N1CCC(CSc2ccccc2)C1. The Labute approximate surface area is 163 Å². The minimum absolute atomic E-state index is 0.0313. The maximum Gasteiger partial charge on any atom is 0.401 e. The third-order valence-corrected chi connectivity index (χ3v) is 6.28. The molecule has 150 valence electrons. The molecule has 2 aliphatic rings. The largest absolute Gasteiger partial charge is 0.401 e. The normalized spacial score (nSPS) is 24.6. The summed E-state index contributed by atoms with van der Waals surface area (Å²) in [6.07, 6.45) is -2.29. The van der Waals surface area contributed by atoms with Crippen molar-refractivity contribution < 1.29 is 13.2 Å². The second-order valence-electron chi connectivity index (χ2n) is 7.25. The monoisotopic (exact) mass is 400 g/mol. The molecule has 2 heterocycles. The van der Waals surface area contributed by atoms with E-state index in [2.05, 4.69) is 39.5 Å². The van der Waals surface area contributed by atoms with Gasteiger partial charge >= 0.3 is 6.18 Å². The van der Waals surface area contributed by atoms with Gasteiger partial charge in [0.1, 0.15) is 0 Å². The van der Waals surface area contributed by atoms with Crippen LogP contribution in [0.2, 0.25) is 0 Å². The fourth-order valence-electron chi connectivity index (χ4n) is 3.72. The minimum Gasteiger partial charge on any atom is -0.352 e. The Morgan fingerprint density at radius 2 is 1.96 bits per heavy atom. The predicted octanol–water partition coefficient (Wildman–Crippen LogP) is 3.31. The predicted molar refractivity (Wildman–Crippen MR) is 104 cm³/mol. The van der Waals surface area contributed by atoms with Gasteiger partial charge in [0, 0.05) is 49.9 Å². The quantitative estimate of drug-likeness (QED) is 0.467. The zero-order chi connectivity index (χ0) is 19.3. The summed E-state index contributed by atoms with van der Waals surface area (Å²) in [5.74, 6) is 2.49. The molecule has 2 fully saturated rings. The molecule has 4 nitrogen and oxygen atoms in total. The maximum absolute atomic E-state index is 12.6. The smallest absolute Gasteiger partial charge is 0.352 e. The van der Waals surface area contributed by atoms with E-state index in [1.54, 1.807) is 7.05 Å². The highest BCUT2D eigenvalue weighted by Crippen LogP contribution is 2.26. The van der Waals surface area contributed by atoms with Crippen LogP contribution in [0.4, 0.5) is 13.2 Å². The number of halogens is 3. The Bertz CT molecular complexity index is 623. The van der Waals surface area contributed by atoms with Crippen LogP contribution < -0.4 is 5.32 Å². The minimum atomic E-state index is -4.13. The van der Waals surface area contributed by atoms with Crippen molar-refractivity contribution in [1.82, 2.24) is 15.1 Å². The van der Waals surface area contributed by atoms with Crippen LogP contribution >= 0.6 is 11.8 Å². The van der Waals surface area contributed by atoms with Gasteiger partial charge in [0.15, 0.2) is 5.96 Å². The van der Waals surface area contributed by atoms with Crippen molar-refractivity contribution in [3.63, 3.8) is 0 Å². The second-order valence-corrected chi connectivity index (χ2v) is 8.35. The molecule has 1 aromatic carbocycles. The van der Waals surface area contributed by atoms with Crippen molar-refractivity contribution in [1.29, 1.82) is 0 Å². The molecule has 2 unspecified atom stereocenters. The molecule has 1 N–H and O–H groups in total. The summed E-state index contributed by atoms with van der Waals surface area (Å²) in [4.78, 5) is 9.36. The van der Waals surface area contributed by atoms with Gasteiger partial charge in [-0.15, -0.1) is 11.8 Å². The van der Waals surface area contributed by atoms with Crippen molar-refractivity contribution >= 4 is 17.7 Å². The molecule has 2 saturated heterocycles. The third kappa shape index (κ3) is 6.31. The van der Waals surface area contributed by atoms with E-state index in [9.17, 15) is 13.2 Å². The summed E-state index contributed by atoms with van der Waals surface area (Å²) >= 11 is 1.88. The molecule has 1 aromatic rings. The second kappa shape index (κ2) is 9.19. The van der Waals surface area contributed by atoms with Crippen molar-refractivity contribution in [2.75, 3.05) is 45.5 Å². The number of rotatable bonds is 5. The summed E-state index contributed by atoms with van der Waals surface area (Å²) in [6, 6.07) is 10.4. The van der Waals surface area contributed by atoms with Gasteiger partial charge in [0.05, 0.1) is 6.54 Å². The van der Waals surface area contributed by atoms with Crippen molar-refractivity contribution in [3.8, 4) is 0 Å². The number of aliphatic imine (C=N–C) groups is 1. The average Bonchev–Trinajstić information content (AvgIpc) is 3.27. The van der Waals surface area contributed by atoms with Crippen LogP contribution in [0.15, 0.2) is 40.2 Å². The first kappa shape index (κ1) is 20.3. The van der Waals surface area contributed by atoms with Crippen molar-refractivity contribution in [3.05, 3.63) is 30.3 Å². The summed E-state index contributed by atoms with van der Waals surface area (Å²) < 4.78 is 37.7. The van der Waals surface area contributed by atoms with Gasteiger partial charge in [-0.3, -0.25) is 9.89 Å². The zero-order valence-corrected chi connectivity index (χ0v) is 16.4. The number of hydrogen-bond acceptors (Lipinski definition) is 3. The molecule has 27 heavy (non-hydrogen) atoms. The topological polar surface area (TPSA) is 30.9 Å². The van der Waals surface area contributed by atoms with Crippen LogP contribution in [0.3, 0.4) is 0 Å². The van der Waals surface area contributed by atoms with E-state index in [1.807, 2.05) is 17.8 Å². The molecule has 0 aromatic heterocycles. The lowest BCUT2D eigenvalue weighted by atomic mass is 10.2. The third-order valence-electron chi connectivity index (χ3n) is 5.03. The number of thioether (sulfide) groups is 1. The lowest BCUT2D eigenvalue weighted by molar-refractivity contribution is -0.143. The van der Waals surface area contributed by atoms with Crippen LogP contribution in [-0.4, -0.2) is 73.5 Å². The van der Waals surface area contributed by atoms with Crippen molar-refractivity contribution in [2.24, 2.45) is 10.9 Å². The van der Waals surface area contributed by atoms with Gasteiger partial charge in [0.25, 0.3) is 0 Å². The Hall–Kier alpha value is -1.41. The molecular weight excluding hydrogens is 373 g/mol. The molecule has 2 atom stereocenters. The highest BCUT2D eigenvalue weighted by atomic mass is 32.2. The van der Waals surface area contributed by atoms with E-state index in [1.165, 1.54) is 9.80 Å². The maximum atomic E-state index is 12.6. The molecule has 2 aliphatic heterocycles. The molecule has 0 aliphatic carbocycles. The number of guanidine groups is 1.